The summed E-state index contributed by atoms with van der Waals surface area (Å²) < 4.78 is 2.13. The van der Waals surface area contributed by atoms with Crippen LogP contribution in [0, 0.1) is 0 Å². The van der Waals surface area contributed by atoms with Crippen molar-refractivity contribution in [3.8, 4) is 11.8 Å². The number of hydrogen-bond donors (Lipinski definition) is 4. The average Bonchev–Trinajstić information content (AvgIpc) is 3.90. The Bertz CT molecular complexity index is 2410. The molecule has 2 aliphatic heterocycles. The molecule has 17 nitrogen and oxygen atoms in total. The van der Waals surface area contributed by atoms with Gasteiger partial charge in [-0.2, -0.15) is 15.0 Å². The van der Waals surface area contributed by atoms with E-state index in [9.17, 15) is 24.6 Å². The molecule has 0 unspecified atom stereocenters. The number of carbonyl (C=O) groups excluding carboxylic acids is 3. The van der Waals surface area contributed by atoms with E-state index in [4.69, 9.17) is 23.2 Å². The topological polar surface area (TPSA) is 226 Å². The fraction of sp³-hybridized carbons (Fsp3) is 0.0645. The van der Waals surface area contributed by atoms with E-state index in [1.807, 2.05) is 0 Å². The monoisotopic (exact) mass is 708 g/mol. The molecule has 19 heteroatoms. The smallest absolute Gasteiger partial charge is 0.348 e. The van der Waals surface area contributed by atoms with Gasteiger partial charge in [0.2, 0.25) is 11.7 Å². The van der Waals surface area contributed by atoms with Crippen molar-refractivity contribution < 1.29 is 24.6 Å². The second-order valence-electron chi connectivity index (χ2n) is 11.0. The molecule has 8 rings (SSSR count). The summed E-state index contributed by atoms with van der Waals surface area (Å²) in [6.07, 6.45) is -0.104. The van der Waals surface area contributed by atoms with Crippen LogP contribution in [0.5, 0.6) is 11.8 Å². The second kappa shape index (κ2) is 11.5. The summed E-state index contributed by atoms with van der Waals surface area (Å²) in [5, 5.41) is 44.4. The third-order valence-electron chi connectivity index (χ3n) is 8.02. The molecule has 50 heavy (non-hydrogen) atoms. The molecule has 2 aromatic heterocycles. The molecule has 4 heterocycles. The van der Waals surface area contributed by atoms with Crippen molar-refractivity contribution in [1.29, 1.82) is 0 Å². The van der Waals surface area contributed by atoms with Crippen LogP contribution in [0.15, 0.2) is 103 Å². The van der Waals surface area contributed by atoms with Crippen LogP contribution in [0.2, 0.25) is 10.0 Å². The van der Waals surface area contributed by atoms with E-state index >= 15 is 0 Å². The highest BCUT2D eigenvalue weighted by molar-refractivity contribution is 6.31. The van der Waals surface area contributed by atoms with Gasteiger partial charge in [0.1, 0.15) is 16.9 Å². The number of benzene rings is 3. The van der Waals surface area contributed by atoms with Crippen LogP contribution in [-0.4, -0.2) is 59.1 Å². The van der Waals surface area contributed by atoms with Crippen LogP contribution in [0.25, 0.3) is 0 Å². The van der Waals surface area contributed by atoms with Crippen molar-refractivity contribution in [2.24, 2.45) is 30.4 Å². The summed E-state index contributed by atoms with van der Waals surface area (Å²) in [4.78, 5) is 57.0. The lowest BCUT2D eigenvalue weighted by Gasteiger charge is -2.25. The second-order valence-corrected chi connectivity index (χ2v) is 11.9. The Morgan fingerprint density at radius 3 is 1.96 bits per heavy atom. The van der Waals surface area contributed by atoms with Crippen molar-refractivity contribution in [2.75, 3.05) is 10.6 Å². The average molecular weight is 709 g/mol. The molecule has 0 saturated carbocycles. The number of carbonyl (C=O) groups is 3. The summed E-state index contributed by atoms with van der Waals surface area (Å²) in [7, 11) is 0. The number of azo groups is 2. The molecule has 3 aromatic carbocycles. The molecule has 0 fully saturated rings. The summed E-state index contributed by atoms with van der Waals surface area (Å²) in [6, 6.07) is 17.6. The predicted molar refractivity (Wildman–Crippen MR) is 179 cm³/mol. The van der Waals surface area contributed by atoms with Crippen LogP contribution < -0.4 is 10.6 Å². The van der Waals surface area contributed by atoms with Crippen molar-refractivity contribution in [3.05, 3.63) is 105 Å². The number of imidazole rings is 2. The fourth-order valence-corrected chi connectivity index (χ4v) is 6.09. The van der Waals surface area contributed by atoms with E-state index < -0.39 is 35.0 Å². The highest BCUT2D eigenvalue weighted by Gasteiger charge is 2.57. The third-order valence-corrected chi connectivity index (χ3v) is 8.52. The van der Waals surface area contributed by atoms with Gasteiger partial charge in [0.05, 0.1) is 0 Å². The van der Waals surface area contributed by atoms with Gasteiger partial charge in [-0.25, -0.2) is 23.7 Å². The first-order chi connectivity index (χ1) is 24.1. The number of rotatable bonds is 4. The van der Waals surface area contributed by atoms with Gasteiger partial charge in [-0.3, -0.25) is 4.79 Å². The first-order valence-corrected chi connectivity index (χ1v) is 15.3. The number of aliphatic imine (C=N–C) groups is 2. The minimum Gasteiger partial charge on any atom is -0.493 e. The number of halogens is 2. The van der Waals surface area contributed by atoms with Crippen LogP contribution in [-0.2, 0) is 11.8 Å². The predicted octanol–water partition coefficient (Wildman–Crippen LogP) is 6.59. The van der Waals surface area contributed by atoms with E-state index in [1.54, 1.807) is 72.8 Å². The van der Waals surface area contributed by atoms with Crippen molar-refractivity contribution in [2.45, 2.75) is 11.8 Å². The minimum absolute atomic E-state index is 0.104. The van der Waals surface area contributed by atoms with Gasteiger partial charge in [0.15, 0.2) is 5.78 Å². The van der Waals surface area contributed by atoms with Crippen LogP contribution >= 0.6 is 23.2 Å². The Kier molecular flexibility index (Phi) is 7.09. The summed E-state index contributed by atoms with van der Waals surface area (Å²) in [5.74, 6) is -3.09. The zero-order valence-electron chi connectivity index (χ0n) is 25.0. The van der Waals surface area contributed by atoms with Crippen molar-refractivity contribution in [1.82, 2.24) is 19.1 Å². The van der Waals surface area contributed by atoms with Gasteiger partial charge in [-0.1, -0.05) is 47.5 Å². The number of hydrogen-bond acceptors (Lipinski definition) is 9. The Balaban J connectivity index is 1.23. The first-order valence-electron chi connectivity index (χ1n) is 14.5. The number of aromatic hydroxyl groups is 2. The van der Waals surface area contributed by atoms with E-state index in [0.29, 0.717) is 32.5 Å². The maximum atomic E-state index is 14.5. The Morgan fingerprint density at radius 1 is 0.760 bits per heavy atom. The molecular formula is C31H18Cl2N12O5. The van der Waals surface area contributed by atoms with Gasteiger partial charge >= 0.3 is 12.1 Å². The van der Waals surface area contributed by atoms with Gasteiger partial charge in [-0.05, 0) is 60.5 Å². The van der Waals surface area contributed by atoms with Gasteiger partial charge in [0, 0.05) is 27.0 Å². The highest BCUT2D eigenvalue weighted by Crippen LogP contribution is 2.50. The van der Waals surface area contributed by atoms with E-state index in [2.05, 4.69) is 51.0 Å². The van der Waals surface area contributed by atoms with Gasteiger partial charge < -0.3 is 20.8 Å². The summed E-state index contributed by atoms with van der Waals surface area (Å²) >= 11 is 11.9. The van der Waals surface area contributed by atoms with E-state index in [-0.39, 0.29) is 41.6 Å². The molecule has 4 N–H and O–H groups in total. The number of nitrogens with one attached hydrogen (secondary N) is 2. The summed E-state index contributed by atoms with van der Waals surface area (Å²) in [6.45, 7) is 0. The molecule has 0 bridgehead atoms. The lowest BCUT2D eigenvalue weighted by Crippen LogP contribution is -2.39. The summed E-state index contributed by atoms with van der Waals surface area (Å²) in [5.41, 5.74) is -0.549. The lowest BCUT2D eigenvalue weighted by molar-refractivity contribution is 0.0918. The third kappa shape index (κ3) is 4.91. The highest BCUT2D eigenvalue weighted by atomic mass is 35.5. The fourth-order valence-electron chi connectivity index (χ4n) is 5.84. The van der Waals surface area contributed by atoms with Crippen LogP contribution in [0.3, 0.4) is 0 Å². The van der Waals surface area contributed by atoms with Crippen molar-refractivity contribution >= 4 is 76.1 Å². The molecule has 1 atom stereocenters. The van der Waals surface area contributed by atoms with Crippen LogP contribution in [0.1, 0.15) is 27.4 Å². The lowest BCUT2D eigenvalue weighted by atomic mass is 9.79. The molecule has 1 aliphatic carbocycles. The Hall–Kier alpha value is -6.59. The maximum absolute atomic E-state index is 14.5. The quantitative estimate of drug-likeness (QED) is 0.160. The zero-order valence-corrected chi connectivity index (χ0v) is 26.5. The standard InChI is InChI=1S/C31H18Cl2N12O5/c32-15-5-9-17(10-6-15)34-29(49)38-27-41-40-22-23(47)37-25(44(22)27)31(13-14-3-1-2-4-19(14)21(31)46)20-24(48)45-26(36-20)42-43-28(45)39-30(50)35-18-11-7-16(33)8-12-18/h1-12,47-48H,13H2,(H,34,49)(H,35,50)/t31-/m0/s1. The number of Topliss-reactive ketones (excluding diaryl/α,β-unsaturated/α-hetero) is 1. The zero-order chi connectivity index (χ0) is 34.7. The molecular weight excluding hydrogens is 691 g/mol. The molecule has 5 aromatic rings. The van der Waals surface area contributed by atoms with Crippen LogP contribution in [0.4, 0.5) is 32.7 Å². The van der Waals surface area contributed by atoms with Crippen molar-refractivity contribution in [3.63, 3.8) is 0 Å². The Labute approximate surface area is 289 Å². The number of anilines is 2. The Morgan fingerprint density at radius 2 is 1.34 bits per heavy atom. The molecule has 0 spiro atoms. The first kappa shape index (κ1) is 30.7. The van der Waals surface area contributed by atoms with Gasteiger partial charge in [0.25, 0.3) is 23.7 Å². The molecule has 4 amide bonds. The van der Waals surface area contributed by atoms with Gasteiger partial charge in [-0.15, -0.1) is 20.5 Å². The number of aromatic nitrogens is 4. The van der Waals surface area contributed by atoms with E-state index in [0.717, 1.165) is 9.13 Å². The number of ketones is 1. The molecule has 0 saturated heterocycles. The number of fused-ring (bicyclic) bond motifs is 3. The number of amides is 4. The molecule has 3 aliphatic rings. The SMILES string of the molecule is O=C(N=C1N=Nc2nc([C@@]3(c4nc(O)c5n4C(=NC(=O)Nc4ccc(Cl)cc4)N=N5)Cc4ccccc4C3=O)c(O)n21)Nc1ccc(Cl)cc1. The number of urea groups is 2. The molecule has 0 radical (unpaired) electrons. The normalized spacial score (nSPS) is 18.5. The largest absolute Gasteiger partial charge is 0.493 e. The maximum Gasteiger partial charge on any atom is 0.348 e. The minimum atomic E-state index is -1.95. The molecule has 246 valence electrons. The number of nitrogens with zero attached hydrogens (tertiary/aromatic N) is 10. The van der Waals surface area contributed by atoms with E-state index in [1.165, 1.54) is 0 Å².